The Labute approximate surface area is 222 Å². The Bertz CT molecular complexity index is 1100. The molecule has 208 valence electrons. The van der Waals surface area contributed by atoms with Crippen LogP contribution in [0.25, 0.3) is 0 Å². The van der Waals surface area contributed by atoms with Gasteiger partial charge in [0.05, 0.1) is 32.0 Å². The van der Waals surface area contributed by atoms with Gasteiger partial charge < -0.3 is 28.4 Å². The van der Waals surface area contributed by atoms with E-state index in [-0.39, 0.29) is 47.9 Å². The van der Waals surface area contributed by atoms with Crippen LogP contribution in [0, 0.1) is 23.2 Å². The molecule has 2 spiro atoms. The number of fused-ring (bicyclic) bond motifs is 2. The molecule has 4 aliphatic heterocycles. The topological polar surface area (TPSA) is 116 Å². The molecule has 38 heavy (non-hydrogen) atoms. The summed E-state index contributed by atoms with van der Waals surface area (Å²) < 4.78 is 35.5. The maximum atomic E-state index is 13.1. The molecule has 0 bridgehead atoms. The molecule has 3 aliphatic carbocycles. The molecule has 3 saturated heterocycles. The summed E-state index contributed by atoms with van der Waals surface area (Å²) in [6.45, 7) is 9.13. The van der Waals surface area contributed by atoms with E-state index >= 15 is 0 Å². The third-order valence-corrected chi connectivity index (χ3v) is 10.7. The maximum Gasteiger partial charge on any atom is 0.344 e. The fourth-order valence-corrected chi connectivity index (χ4v) is 8.72. The van der Waals surface area contributed by atoms with E-state index < -0.39 is 35.9 Å². The lowest BCUT2D eigenvalue weighted by atomic mass is 9.46. The van der Waals surface area contributed by atoms with Gasteiger partial charge in [0.25, 0.3) is 0 Å². The Morgan fingerprint density at radius 1 is 1.11 bits per heavy atom. The van der Waals surface area contributed by atoms with Gasteiger partial charge in [-0.25, -0.2) is 9.59 Å². The lowest BCUT2D eigenvalue weighted by Gasteiger charge is -2.54. The Morgan fingerprint density at radius 2 is 1.89 bits per heavy atom. The molecule has 2 saturated carbocycles. The van der Waals surface area contributed by atoms with Crippen molar-refractivity contribution in [3.63, 3.8) is 0 Å². The standard InChI is InChI=1S/C28H37NO9/c1-15(2)17-10-21-28(38-21)26(3)5-4-16-18(13-35-25(16)32)19(26)11-20-27(28,37-20)24(17)36-23(31)14-34-22(30)12-29-6-8-33-9-7-29/h15,17,19-21,24H,4-14H2,1-3H3. The number of esters is 3. The van der Waals surface area contributed by atoms with Crippen molar-refractivity contribution in [1.29, 1.82) is 0 Å². The van der Waals surface area contributed by atoms with E-state index in [1.54, 1.807) is 0 Å². The number of nitrogens with zero attached hydrogens (tertiary/aromatic N) is 1. The lowest BCUT2D eigenvalue weighted by molar-refractivity contribution is -0.177. The smallest absolute Gasteiger partial charge is 0.344 e. The first kappa shape index (κ1) is 25.0. The highest BCUT2D eigenvalue weighted by Gasteiger charge is 2.93. The van der Waals surface area contributed by atoms with Gasteiger partial charge in [-0.15, -0.1) is 0 Å². The van der Waals surface area contributed by atoms with Gasteiger partial charge in [0.15, 0.2) is 12.2 Å². The highest BCUT2D eigenvalue weighted by molar-refractivity contribution is 5.92. The molecule has 5 fully saturated rings. The number of carbonyl (C=O) groups excluding carboxylic acids is 3. The summed E-state index contributed by atoms with van der Waals surface area (Å²) in [5, 5.41) is 0. The van der Waals surface area contributed by atoms with Crippen molar-refractivity contribution in [3.05, 3.63) is 11.1 Å². The van der Waals surface area contributed by atoms with Crippen LogP contribution in [0.3, 0.4) is 0 Å². The second kappa shape index (κ2) is 8.49. The normalized spacial score (nSPS) is 44.7. The van der Waals surface area contributed by atoms with E-state index in [2.05, 4.69) is 20.8 Å². The molecule has 8 atom stereocenters. The Kier molecular flexibility index (Phi) is 5.59. The first-order chi connectivity index (χ1) is 18.2. The summed E-state index contributed by atoms with van der Waals surface area (Å²) in [7, 11) is 0. The maximum absolute atomic E-state index is 13.1. The summed E-state index contributed by atoms with van der Waals surface area (Å²) in [6, 6.07) is 0. The largest absolute Gasteiger partial charge is 0.458 e. The number of cyclic esters (lactones) is 1. The molecule has 0 amide bonds. The predicted molar refractivity (Wildman–Crippen MR) is 130 cm³/mol. The van der Waals surface area contributed by atoms with E-state index in [0.29, 0.717) is 39.3 Å². The first-order valence-corrected chi connectivity index (χ1v) is 14.1. The van der Waals surface area contributed by atoms with Crippen LogP contribution >= 0.6 is 0 Å². The Morgan fingerprint density at radius 3 is 2.66 bits per heavy atom. The summed E-state index contributed by atoms with van der Waals surface area (Å²) >= 11 is 0. The van der Waals surface area contributed by atoms with Crippen LogP contribution in [0.2, 0.25) is 0 Å². The molecule has 10 nitrogen and oxygen atoms in total. The molecule has 8 unspecified atom stereocenters. The zero-order valence-corrected chi connectivity index (χ0v) is 22.4. The molecule has 0 aromatic carbocycles. The van der Waals surface area contributed by atoms with Crippen molar-refractivity contribution in [2.24, 2.45) is 23.2 Å². The van der Waals surface area contributed by atoms with Gasteiger partial charge in [-0.3, -0.25) is 9.69 Å². The van der Waals surface area contributed by atoms with Crippen molar-refractivity contribution < 1.29 is 42.8 Å². The van der Waals surface area contributed by atoms with Crippen LogP contribution in [0.1, 0.15) is 46.5 Å². The number of hydrogen-bond acceptors (Lipinski definition) is 10. The van der Waals surface area contributed by atoms with Crippen LogP contribution in [-0.2, 0) is 42.8 Å². The first-order valence-electron chi connectivity index (χ1n) is 14.1. The van der Waals surface area contributed by atoms with Crippen molar-refractivity contribution in [2.45, 2.75) is 76.0 Å². The zero-order chi connectivity index (χ0) is 26.4. The highest BCUT2D eigenvalue weighted by atomic mass is 16.7. The van der Waals surface area contributed by atoms with Crippen molar-refractivity contribution in [2.75, 3.05) is 46.1 Å². The summed E-state index contributed by atoms with van der Waals surface area (Å²) in [6.07, 6.45) is 2.48. The molecule has 0 N–H and O–H groups in total. The number of hydrogen-bond donors (Lipinski definition) is 0. The zero-order valence-electron chi connectivity index (χ0n) is 22.4. The monoisotopic (exact) mass is 531 g/mol. The number of morpholine rings is 1. The van der Waals surface area contributed by atoms with Crippen molar-refractivity contribution in [1.82, 2.24) is 4.90 Å². The fourth-order valence-electron chi connectivity index (χ4n) is 8.72. The average molecular weight is 532 g/mol. The second-order valence-electron chi connectivity index (χ2n) is 12.6. The van der Waals surface area contributed by atoms with Gasteiger partial charge >= 0.3 is 17.9 Å². The number of rotatable bonds is 6. The van der Waals surface area contributed by atoms with Crippen molar-refractivity contribution in [3.8, 4) is 0 Å². The lowest BCUT2D eigenvalue weighted by Crippen LogP contribution is -2.67. The minimum absolute atomic E-state index is 0.0363. The third-order valence-electron chi connectivity index (χ3n) is 10.7. The molecule has 7 aliphatic rings. The highest BCUT2D eigenvalue weighted by Crippen LogP contribution is 2.79. The number of epoxide rings is 2. The minimum Gasteiger partial charge on any atom is -0.458 e. The molecule has 10 heteroatoms. The van der Waals surface area contributed by atoms with E-state index in [9.17, 15) is 14.4 Å². The quantitative estimate of drug-likeness (QED) is 0.283. The molecule has 7 rings (SSSR count). The molecule has 4 heterocycles. The van der Waals surface area contributed by atoms with E-state index in [1.807, 2.05) is 4.90 Å². The SMILES string of the molecule is CC(C)C1CC2OC23C2(C)CCC4=C(COC4=O)C2CC2OC23C1OC(=O)COC(=O)CN1CCOCC1. The van der Waals surface area contributed by atoms with Gasteiger partial charge in [-0.05, 0) is 43.1 Å². The second-order valence-corrected chi connectivity index (χ2v) is 12.6. The van der Waals surface area contributed by atoms with Crippen molar-refractivity contribution >= 4 is 17.9 Å². The number of carbonyl (C=O) groups is 3. The number of ether oxygens (including phenoxy) is 6. The molecule has 0 aromatic rings. The summed E-state index contributed by atoms with van der Waals surface area (Å²) in [4.78, 5) is 39.7. The van der Waals surface area contributed by atoms with Gasteiger partial charge in [0.2, 0.25) is 0 Å². The van der Waals surface area contributed by atoms with Crippen LogP contribution in [0.5, 0.6) is 0 Å². The third kappa shape index (κ3) is 3.29. The van der Waals surface area contributed by atoms with Gasteiger partial charge in [-0.1, -0.05) is 20.8 Å². The van der Waals surface area contributed by atoms with Gasteiger partial charge in [-0.2, -0.15) is 0 Å². The van der Waals surface area contributed by atoms with Crippen LogP contribution in [-0.4, -0.2) is 98.4 Å². The summed E-state index contributed by atoms with van der Waals surface area (Å²) in [5.74, 6) is -0.698. The Hall–Kier alpha value is -2.01. The molecule has 0 aromatic heterocycles. The van der Waals surface area contributed by atoms with Gasteiger partial charge in [0, 0.05) is 30.0 Å². The van der Waals surface area contributed by atoms with E-state index in [1.165, 1.54) is 0 Å². The van der Waals surface area contributed by atoms with Crippen LogP contribution in [0.4, 0.5) is 0 Å². The molecular weight excluding hydrogens is 494 g/mol. The fraction of sp³-hybridized carbons (Fsp3) is 0.821. The predicted octanol–water partition coefficient (Wildman–Crippen LogP) is 1.40. The summed E-state index contributed by atoms with van der Waals surface area (Å²) in [5.41, 5.74) is 0.455. The average Bonchev–Trinajstić information content (AvgIpc) is 3.77. The Balaban J connectivity index is 1.10. The molecular formula is C28H37NO9. The van der Waals surface area contributed by atoms with E-state index in [4.69, 9.17) is 28.4 Å². The van der Waals surface area contributed by atoms with E-state index in [0.717, 1.165) is 30.4 Å². The van der Waals surface area contributed by atoms with Gasteiger partial charge in [0.1, 0.15) is 18.3 Å². The molecule has 0 radical (unpaired) electrons. The minimum atomic E-state index is -0.703. The van der Waals surface area contributed by atoms with Crippen LogP contribution in [0.15, 0.2) is 11.1 Å². The van der Waals surface area contributed by atoms with Crippen LogP contribution < -0.4 is 0 Å².